The Hall–Kier alpha value is -1.66. The zero-order chi connectivity index (χ0) is 11.6. The third-order valence-electron chi connectivity index (χ3n) is 3.03. The lowest BCUT2D eigenvalue weighted by Gasteiger charge is -2.34. The molecule has 1 saturated carbocycles. The maximum atomic E-state index is 11.0. The summed E-state index contributed by atoms with van der Waals surface area (Å²) in [7, 11) is 1.65. The van der Waals surface area contributed by atoms with Crippen molar-refractivity contribution >= 4 is 5.78 Å². The Morgan fingerprint density at radius 1 is 1.38 bits per heavy atom. The molecule has 0 saturated heterocycles. The molecule has 0 amide bonds. The molecule has 0 radical (unpaired) electrons. The Kier molecular flexibility index (Phi) is 2.76. The van der Waals surface area contributed by atoms with Gasteiger partial charge in [-0.15, -0.1) is 0 Å². The lowest BCUT2D eigenvalue weighted by atomic mass is 9.65. The molecule has 82 valence electrons. The van der Waals surface area contributed by atoms with Gasteiger partial charge in [0.25, 0.3) is 0 Å². The number of nitriles is 1. The summed E-state index contributed by atoms with van der Waals surface area (Å²) in [6.45, 7) is 0.568. The summed E-state index contributed by atoms with van der Waals surface area (Å²) >= 11 is 0. The van der Waals surface area contributed by atoms with Crippen LogP contribution in [0.25, 0.3) is 0 Å². The van der Waals surface area contributed by atoms with E-state index in [0.29, 0.717) is 19.4 Å². The number of hydrogen-bond acceptors (Lipinski definition) is 3. The van der Waals surface area contributed by atoms with Crippen molar-refractivity contribution in [3.63, 3.8) is 0 Å². The number of hydrogen-bond donors (Lipinski definition) is 0. The van der Waals surface area contributed by atoms with Crippen LogP contribution in [0, 0.1) is 11.3 Å². The largest absolute Gasteiger partial charge is 0.380 e. The van der Waals surface area contributed by atoms with Crippen LogP contribution < -0.4 is 0 Å². The maximum Gasteiger partial charge on any atom is 0.136 e. The molecule has 16 heavy (non-hydrogen) atoms. The third-order valence-corrected chi connectivity index (χ3v) is 3.03. The fraction of sp³-hybridized carbons (Fsp3) is 0.385. The molecule has 3 nitrogen and oxygen atoms in total. The molecule has 0 aromatic heterocycles. The Morgan fingerprint density at radius 2 is 2.00 bits per heavy atom. The average Bonchev–Trinajstić information content (AvgIpc) is 2.26. The summed E-state index contributed by atoms with van der Waals surface area (Å²) in [5.74, 6) is 0.169. The van der Waals surface area contributed by atoms with Gasteiger partial charge in [0, 0.05) is 20.0 Å². The zero-order valence-corrected chi connectivity index (χ0v) is 9.19. The van der Waals surface area contributed by atoms with Gasteiger partial charge in [0.05, 0.1) is 18.1 Å². The fourth-order valence-electron chi connectivity index (χ4n) is 2.06. The minimum absolute atomic E-state index is 0.169. The number of carbonyl (C=O) groups excluding carboxylic acids is 1. The van der Waals surface area contributed by atoms with Crippen LogP contribution in [0.2, 0.25) is 0 Å². The minimum Gasteiger partial charge on any atom is -0.380 e. The highest BCUT2D eigenvalue weighted by molar-refractivity contribution is 5.90. The van der Waals surface area contributed by atoms with Crippen molar-refractivity contribution in [2.75, 3.05) is 7.11 Å². The molecule has 1 aromatic rings. The summed E-state index contributed by atoms with van der Waals surface area (Å²) in [4.78, 5) is 11.0. The van der Waals surface area contributed by atoms with Gasteiger partial charge >= 0.3 is 0 Å². The van der Waals surface area contributed by atoms with Gasteiger partial charge in [0.15, 0.2) is 0 Å². The lowest BCUT2D eigenvalue weighted by molar-refractivity contribution is -0.126. The van der Waals surface area contributed by atoms with Crippen molar-refractivity contribution < 1.29 is 9.53 Å². The number of nitrogens with zero attached hydrogens (tertiary/aromatic N) is 1. The summed E-state index contributed by atoms with van der Waals surface area (Å²) in [5.41, 5.74) is 1.45. The van der Waals surface area contributed by atoms with Crippen LogP contribution in [0.4, 0.5) is 0 Å². The number of methoxy groups -OCH3 is 1. The number of ketones is 1. The van der Waals surface area contributed by atoms with E-state index in [1.54, 1.807) is 7.11 Å². The van der Waals surface area contributed by atoms with Crippen molar-refractivity contribution in [3.05, 3.63) is 35.4 Å². The van der Waals surface area contributed by atoms with E-state index in [4.69, 9.17) is 10.00 Å². The third kappa shape index (κ3) is 1.72. The monoisotopic (exact) mass is 215 g/mol. The van der Waals surface area contributed by atoms with Gasteiger partial charge in [-0.05, 0) is 11.1 Å². The standard InChI is InChI=1S/C13H13NO2/c1-16-8-10-2-4-11(5-3-10)13(9-14)6-12(15)7-13/h2-5H,6-8H2,1H3. The number of benzene rings is 1. The first-order valence-corrected chi connectivity index (χ1v) is 5.21. The summed E-state index contributed by atoms with van der Waals surface area (Å²) in [6, 6.07) is 9.99. The van der Waals surface area contributed by atoms with Crippen LogP contribution in [0.1, 0.15) is 24.0 Å². The van der Waals surface area contributed by atoms with Crippen LogP contribution in [0.3, 0.4) is 0 Å². The highest BCUT2D eigenvalue weighted by Crippen LogP contribution is 2.40. The van der Waals surface area contributed by atoms with Crippen LogP contribution >= 0.6 is 0 Å². The Morgan fingerprint density at radius 3 is 2.44 bits per heavy atom. The normalized spacial score (nSPS) is 17.6. The molecule has 1 aromatic carbocycles. The van der Waals surface area contributed by atoms with E-state index < -0.39 is 5.41 Å². The Balaban J connectivity index is 2.21. The lowest BCUT2D eigenvalue weighted by Crippen LogP contribution is -2.40. The molecule has 1 aliphatic carbocycles. The highest BCUT2D eigenvalue weighted by atomic mass is 16.5. The summed E-state index contributed by atoms with van der Waals surface area (Å²) in [6.07, 6.45) is 0.709. The zero-order valence-electron chi connectivity index (χ0n) is 9.19. The molecule has 0 atom stereocenters. The van der Waals surface area contributed by atoms with Crippen molar-refractivity contribution in [1.82, 2.24) is 0 Å². The van der Waals surface area contributed by atoms with Gasteiger partial charge in [-0.25, -0.2) is 0 Å². The van der Waals surface area contributed by atoms with E-state index in [-0.39, 0.29) is 5.78 Å². The molecular formula is C13H13NO2. The summed E-state index contributed by atoms with van der Waals surface area (Å²) in [5, 5.41) is 9.15. The van der Waals surface area contributed by atoms with Crippen LogP contribution in [0.15, 0.2) is 24.3 Å². The maximum absolute atomic E-state index is 11.0. The molecule has 0 unspecified atom stereocenters. The van der Waals surface area contributed by atoms with Crippen LogP contribution in [0.5, 0.6) is 0 Å². The predicted molar refractivity (Wildman–Crippen MR) is 58.7 cm³/mol. The molecule has 1 fully saturated rings. The van der Waals surface area contributed by atoms with Gasteiger partial charge in [-0.2, -0.15) is 5.26 Å². The molecule has 0 N–H and O–H groups in total. The van der Waals surface area contributed by atoms with E-state index in [2.05, 4.69) is 6.07 Å². The second kappa shape index (κ2) is 4.07. The number of ether oxygens (including phenoxy) is 1. The van der Waals surface area contributed by atoms with E-state index in [1.807, 2.05) is 24.3 Å². The fourth-order valence-corrected chi connectivity index (χ4v) is 2.06. The van der Waals surface area contributed by atoms with E-state index >= 15 is 0 Å². The molecule has 1 aliphatic rings. The molecule has 2 rings (SSSR count). The number of Topliss-reactive ketones (excluding diaryl/α,β-unsaturated/α-hetero) is 1. The number of carbonyl (C=O) groups is 1. The Labute approximate surface area is 94.6 Å². The smallest absolute Gasteiger partial charge is 0.136 e. The van der Waals surface area contributed by atoms with Crippen LogP contribution in [-0.4, -0.2) is 12.9 Å². The van der Waals surface area contributed by atoms with Crippen molar-refractivity contribution in [3.8, 4) is 6.07 Å². The Bertz CT molecular complexity index is 434. The van der Waals surface area contributed by atoms with E-state index in [0.717, 1.165) is 11.1 Å². The quantitative estimate of drug-likeness (QED) is 0.774. The second-order valence-electron chi connectivity index (χ2n) is 4.22. The van der Waals surface area contributed by atoms with Crippen molar-refractivity contribution in [1.29, 1.82) is 5.26 Å². The highest BCUT2D eigenvalue weighted by Gasteiger charge is 2.45. The molecule has 3 heteroatoms. The summed E-state index contributed by atoms with van der Waals surface area (Å²) < 4.78 is 5.02. The van der Waals surface area contributed by atoms with E-state index in [9.17, 15) is 4.79 Å². The topological polar surface area (TPSA) is 50.1 Å². The first kappa shape index (κ1) is 10.8. The average molecular weight is 215 g/mol. The van der Waals surface area contributed by atoms with Crippen molar-refractivity contribution in [2.45, 2.75) is 24.9 Å². The predicted octanol–water partition coefficient (Wildman–Crippen LogP) is 1.96. The first-order valence-electron chi connectivity index (χ1n) is 5.21. The van der Waals surface area contributed by atoms with Gasteiger partial charge in [0.2, 0.25) is 0 Å². The SMILES string of the molecule is COCc1ccc(C2(C#N)CC(=O)C2)cc1. The molecular weight excluding hydrogens is 202 g/mol. The number of rotatable bonds is 3. The first-order chi connectivity index (χ1) is 7.70. The molecule has 0 heterocycles. The van der Waals surface area contributed by atoms with Gasteiger partial charge in [-0.3, -0.25) is 4.79 Å². The second-order valence-corrected chi connectivity index (χ2v) is 4.22. The molecule has 0 aliphatic heterocycles. The molecule has 0 bridgehead atoms. The van der Waals surface area contributed by atoms with Crippen molar-refractivity contribution in [2.24, 2.45) is 0 Å². The van der Waals surface area contributed by atoms with E-state index in [1.165, 1.54) is 0 Å². The van der Waals surface area contributed by atoms with Gasteiger partial charge in [-0.1, -0.05) is 24.3 Å². The minimum atomic E-state index is -0.567. The molecule has 0 spiro atoms. The van der Waals surface area contributed by atoms with Gasteiger partial charge < -0.3 is 4.74 Å². The van der Waals surface area contributed by atoms with Crippen LogP contribution in [-0.2, 0) is 21.6 Å². The van der Waals surface area contributed by atoms with Gasteiger partial charge in [0.1, 0.15) is 5.78 Å².